The van der Waals surface area contributed by atoms with Crippen molar-refractivity contribution < 1.29 is 17.9 Å². The maximum Gasteiger partial charge on any atom is 0.240 e. The van der Waals surface area contributed by atoms with Gasteiger partial charge in [-0.2, -0.15) is 0 Å². The van der Waals surface area contributed by atoms with Crippen molar-refractivity contribution in [2.75, 3.05) is 30.8 Å². The zero-order valence-electron chi connectivity index (χ0n) is 16.8. The van der Waals surface area contributed by atoms with E-state index in [1.807, 2.05) is 50.2 Å². The van der Waals surface area contributed by atoms with Gasteiger partial charge in [0.25, 0.3) is 0 Å². The minimum Gasteiger partial charge on any atom is -0.497 e. The Morgan fingerprint density at radius 2 is 1.75 bits per heavy atom. The van der Waals surface area contributed by atoms with Crippen molar-refractivity contribution in [3.8, 4) is 5.75 Å². The first-order chi connectivity index (χ1) is 13.2. The van der Waals surface area contributed by atoms with Crippen LogP contribution >= 0.6 is 0 Å². The lowest BCUT2D eigenvalue weighted by Gasteiger charge is -2.25. The second kappa shape index (κ2) is 9.59. The normalized spacial score (nSPS) is 11.3. The molecule has 0 aliphatic rings. The topological polar surface area (TPSA) is 75.7 Å². The molecule has 0 radical (unpaired) electrons. The van der Waals surface area contributed by atoms with Gasteiger partial charge in [-0.05, 0) is 41.7 Å². The fourth-order valence-corrected chi connectivity index (χ4v) is 3.78. The third kappa shape index (κ3) is 5.99. The number of nitrogens with one attached hydrogen (secondary N) is 1. The van der Waals surface area contributed by atoms with Gasteiger partial charge in [0.2, 0.25) is 15.9 Å². The molecule has 0 bridgehead atoms. The van der Waals surface area contributed by atoms with E-state index < -0.39 is 10.0 Å². The van der Waals surface area contributed by atoms with Crippen LogP contribution in [0.4, 0.5) is 5.69 Å². The molecule has 0 spiro atoms. The molecular weight excluding hydrogens is 376 g/mol. The Hall–Kier alpha value is -2.54. The van der Waals surface area contributed by atoms with Crippen LogP contribution in [0, 0.1) is 0 Å². The van der Waals surface area contributed by atoms with Crippen LogP contribution in [-0.4, -0.2) is 40.8 Å². The predicted molar refractivity (Wildman–Crippen MR) is 112 cm³/mol. The van der Waals surface area contributed by atoms with E-state index in [4.69, 9.17) is 4.74 Å². The smallest absolute Gasteiger partial charge is 0.240 e. The van der Waals surface area contributed by atoms with E-state index >= 15 is 0 Å². The molecule has 0 saturated heterocycles. The van der Waals surface area contributed by atoms with E-state index in [1.165, 1.54) is 4.31 Å². The summed E-state index contributed by atoms with van der Waals surface area (Å²) in [5.41, 5.74) is 2.50. The Morgan fingerprint density at radius 3 is 2.32 bits per heavy atom. The molecule has 0 fully saturated rings. The first-order valence-electron chi connectivity index (χ1n) is 9.18. The summed E-state index contributed by atoms with van der Waals surface area (Å²) < 4.78 is 31.0. The number of anilines is 1. The molecule has 2 aromatic carbocycles. The standard InChI is InChI=1S/C21H28N2O4S/c1-16(2)19-7-5-6-8-20(19)23(28(4,25)26)15-21(24)22-14-13-17-9-11-18(27-3)12-10-17/h5-12,16H,13-15H2,1-4H3,(H,22,24). The van der Waals surface area contributed by atoms with Crippen LogP contribution in [0.2, 0.25) is 0 Å². The molecule has 2 aromatic rings. The zero-order chi connectivity index (χ0) is 20.7. The van der Waals surface area contributed by atoms with Gasteiger partial charge >= 0.3 is 0 Å². The molecule has 6 nitrogen and oxygen atoms in total. The minimum atomic E-state index is -3.60. The van der Waals surface area contributed by atoms with E-state index in [9.17, 15) is 13.2 Å². The van der Waals surface area contributed by atoms with Crippen LogP contribution < -0.4 is 14.4 Å². The van der Waals surface area contributed by atoms with E-state index in [0.29, 0.717) is 18.7 Å². The summed E-state index contributed by atoms with van der Waals surface area (Å²) >= 11 is 0. The number of para-hydroxylation sites is 1. The summed E-state index contributed by atoms with van der Waals surface area (Å²) in [6.45, 7) is 4.17. The molecule has 152 valence electrons. The number of hydrogen-bond acceptors (Lipinski definition) is 4. The zero-order valence-corrected chi connectivity index (χ0v) is 17.6. The van der Waals surface area contributed by atoms with Gasteiger partial charge in [-0.1, -0.05) is 44.2 Å². The second-order valence-electron chi connectivity index (χ2n) is 6.93. The van der Waals surface area contributed by atoms with E-state index in [1.54, 1.807) is 19.2 Å². The number of rotatable bonds is 9. The first-order valence-corrected chi connectivity index (χ1v) is 11.0. The lowest BCUT2D eigenvalue weighted by Crippen LogP contribution is -2.41. The molecule has 0 aromatic heterocycles. The average Bonchev–Trinajstić information content (AvgIpc) is 2.65. The van der Waals surface area contributed by atoms with Crippen LogP contribution in [0.15, 0.2) is 48.5 Å². The highest BCUT2D eigenvalue weighted by atomic mass is 32.2. The van der Waals surface area contributed by atoms with Gasteiger partial charge in [-0.3, -0.25) is 9.10 Å². The molecule has 1 N–H and O–H groups in total. The highest BCUT2D eigenvalue weighted by Crippen LogP contribution is 2.28. The van der Waals surface area contributed by atoms with Crippen molar-refractivity contribution in [2.45, 2.75) is 26.2 Å². The monoisotopic (exact) mass is 404 g/mol. The molecule has 7 heteroatoms. The van der Waals surface area contributed by atoms with Crippen LogP contribution in [0.25, 0.3) is 0 Å². The number of methoxy groups -OCH3 is 1. The Bertz CT molecular complexity index is 893. The highest BCUT2D eigenvalue weighted by Gasteiger charge is 2.23. The van der Waals surface area contributed by atoms with Crippen molar-refractivity contribution in [3.05, 3.63) is 59.7 Å². The first kappa shape index (κ1) is 21.8. The highest BCUT2D eigenvalue weighted by molar-refractivity contribution is 7.92. The Kier molecular flexibility index (Phi) is 7.45. The van der Waals surface area contributed by atoms with E-state index in [0.717, 1.165) is 23.1 Å². The Balaban J connectivity index is 2.04. The molecule has 0 unspecified atom stereocenters. The van der Waals surface area contributed by atoms with Crippen LogP contribution in [0.1, 0.15) is 30.9 Å². The summed E-state index contributed by atoms with van der Waals surface area (Å²) in [5, 5.41) is 2.80. The van der Waals surface area contributed by atoms with Crippen molar-refractivity contribution in [3.63, 3.8) is 0 Å². The third-order valence-corrected chi connectivity index (χ3v) is 5.54. The van der Waals surface area contributed by atoms with E-state index in [2.05, 4.69) is 5.32 Å². The maximum atomic E-state index is 12.4. The summed E-state index contributed by atoms with van der Waals surface area (Å²) in [4.78, 5) is 12.4. The number of benzene rings is 2. The lowest BCUT2D eigenvalue weighted by atomic mass is 10.0. The third-order valence-electron chi connectivity index (χ3n) is 4.41. The minimum absolute atomic E-state index is 0.138. The molecular formula is C21H28N2O4S. The Morgan fingerprint density at radius 1 is 1.11 bits per heavy atom. The maximum absolute atomic E-state index is 12.4. The fraction of sp³-hybridized carbons (Fsp3) is 0.381. The van der Waals surface area contributed by atoms with Gasteiger partial charge in [0.15, 0.2) is 0 Å². The number of hydrogen-bond donors (Lipinski definition) is 1. The van der Waals surface area contributed by atoms with E-state index in [-0.39, 0.29) is 18.4 Å². The molecule has 0 aliphatic carbocycles. The Labute approximate surface area is 167 Å². The molecule has 28 heavy (non-hydrogen) atoms. The SMILES string of the molecule is COc1ccc(CCNC(=O)CN(c2ccccc2C(C)C)S(C)(=O)=O)cc1. The largest absolute Gasteiger partial charge is 0.497 e. The lowest BCUT2D eigenvalue weighted by molar-refractivity contribution is -0.119. The van der Waals surface area contributed by atoms with Gasteiger partial charge in [-0.25, -0.2) is 8.42 Å². The molecule has 0 saturated carbocycles. The number of carbonyl (C=O) groups is 1. The fourth-order valence-electron chi connectivity index (χ4n) is 2.91. The summed E-state index contributed by atoms with van der Waals surface area (Å²) in [6, 6.07) is 14.9. The van der Waals surface area contributed by atoms with Gasteiger partial charge in [0, 0.05) is 6.54 Å². The summed E-state index contributed by atoms with van der Waals surface area (Å²) in [7, 11) is -1.98. The van der Waals surface area contributed by atoms with Crippen molar-refractivity contribution in [1.29, 1.82) is 0 Å². The van der Waals surface area contributed by atoms with Gasteiger partial charge in [-0.15, -0.1) is 0 Å². The predicted octanol–water partition coefficient (Wildman–Crippen LogP) is 2.94. The number of carbonyl (C=O) groups excluding carboxylic acids is 1. The number of ether oxygens (including phenoxy) is 1. The molecule has 1 amide bonds. The van der Waals surface area contributed by atoms with Crippen LogP contribution in [0.5, 0.6) is 5.75 Å². The van der Waals surface area contributed by atoms with Crippen molar-refractivity contribution in [1.82, 2.24) is 5.32 Å². The van der Waals surface area contributed by atoms with Crippen LogP contribution in [-0.2, 0) is 21.2 Å². The van der Waals surface area contributed by atoms with Gasteiger partial charge in [0.1, 0.15) is 12.3 Å². The number of sulfonamides is 1. The van der Waals surface area contributed by atoms with Crippen molar-refractivity contribution >= 4 is 21.6 Å². The van der Waals surface area contributed by atoms with Crippen molar-refractivity contribution in [2.24, 2.45) is 0 Å². The molecule has 0 heterocycles. The molecule has 0 atom stereocenters. The number of amides is 1. The summed E-state index contributed by atoms with van der Waals surface area (Å²) in [6.07, 6.45) is 1.77. The molecule has 0 aliphatic heterocycles. The molecule has 2 rings (SSSR count). The van der Waals surface area contributed by atoms with Crippen LogP contribution in [0.3, 0.4) is 0 Å². The van der Waals surface area contributed by atoms with Gasteiger partial charge in [0.05, 0.1) is 19.1 Å². The number of nitrogens with zero attached hydrogens (tertiary/aromatic N) is 1. The van der Waals surface area contributed by atoms with Gasteiger partial charge < -0.3 is 10.1 Å². The summed E-state index contributed by atoms with van der Waals surface area (Å²) in [5.74, 6) is 0.580. The second-order valence-corrected chi connectivity index (χ2v) is 8.84. The average molecular weight is 405 g/mol. The quantitative estimate of drug-likeness (QED) is 0.697.